The minimum absolute atomic E-state index is 0.0750. The van der Waals surface area contributed by atoms with Crippen molar-refractivity contribution < 1.29 is 4.79 Å². The summed E-state index contributed by atoms with van der Waals surface area (Å²) in [5.74, 6) is 0.0750. The number of rotatable bonds is 5. The lowest BCUT2D eigenvalue weighted by Gasteiger charge is -2.39. The summed E-state index contributed by atoms with van der Waals surface area (Å²) in [7, 11) is 0. The molecule has 1 amide bonds. The molecule has 0 aromatic heterocycles. The van der Waals surface area contributed by atoms with Crippen molar-refractivity contribution in [1.82, 2.24) is 10.6 Å². The number of hydrogen-bond acceptors (Lipinski definition) is 2. The van der Waals surface area contributed by atoms with Crippen LogP contribution in [-0.4, -0.2) is 25.0 Å². The zero-order valence-electron chi connectivity index (χ0n) is 11.9. The van der Waals surface area contributed by atoms with Gasteiger partial charge in [0.05, 0.1) is 6.54 Å². The molecule has 0 saturated carbocycles. The van der Waals surface area contributed by atoms with Crippen LogP contribution in [0.3, 0.4) is 0 Å². The van der Waals surface area contributed by atoms with Gasteiger partial charge in [-0.2, -0.15) is 0 Å². The Morgan fingerprint density at radius 3 is 2.00 bits per heavy atom. The highest BCUT2D eigenvalue weighted by Gasteiger charge is 2.32. The third kappa shape index (κ3) is 5.50. The summed E-state index contributed by atoms with van der Waals surface area (Å²) in [6, 6.07) is 0.348. The van der Waals surface area contributed by atoms with Crippen molar-refractivity contribution >= 4 is 5.91 Å². The molecule has 0 rings (SSSR count). The molecular formula is C13H28N2O. The maximum atomic E-state index is 11.5. The van der Waals surface area contributed by atoms with Crippen LogP contribution in [0.5, 0.6) is 0 Å². The molecular weight excluding hydrogens is 200 g/mol. The number of carbonyl (C=O) groups excluding carboxylic acids is 1. The van der Waals surface area contributed by atoms with Crippen molar-refractivity contribution in [2.75, 3.05) is 13.1 Å². The predicted octanol–water partition coefficient (Wildman–Crippen LogP) is 2.17. The summed E-state index contributed by atoms with van der Waals surface area (Å²) in [4.78, 5) is 11.5. The Bertz CT molecular complexity index is 227. The molecule has 0 heterocycles. The summed E-state index contributed by atoms with van der Waals surface area (Å²) < 4.78 is 0. The Hall–Kier alpha value is -0.570. The van der Waals surface area contributed by atoms with Crippen molar-refractivity contribution in [2.24, 2.45) is 10.8 Å². The zero-order chi connectivity index (χ0) is 13.0. The fourth-order valence-electron chi connectivity index (χ4n) is 0.944. The molecule has 0 fully saturated rings. The van der Waals surface area contributed by atoms with E-state index in [1.54, 1.807) is 0 Å². The molecule has 0 bridgehead atoms. The summed E-state index contributed by atoms with van der Waals surface area (Å²) >= 11 is 0. The number of nitrogens with one attached hydrogen (secondary N) is 2. The van der Waals surface area contributed by atoms with Crippen LogP contribution < -0.4 is 10.6 Å². The van der Waals surface area contributed by atoms with Gasteiger partial charge in [0.2, 0.25) is 5.91 Å². The smallest absolute Gasteiger partial charge is 0.233 e. The van der Waals surface area contributed by atoms with E-state index in [1.165, 1.54) is 0 Å². The van der Waals surface area contributed by atoms with Gasteiger partial charge in [-0.15, -0.1) is 0 Å². The van der Waals surface area contributed by atoms with Gasteiger partial charge in [-0.25, -0.2) is 0 Å². The SMILES string of the molecule is CC(C)NCC(=O)NCC(C)(C)C(C)(C)C. The first-order valence-electron chi connectivity index (χ1n) is 6.06. The van der Waals surface area contributed by atoms with E-state index in [-0.39, 0.29) is 16.7 Å². The largest absolute Gasteiger partial charge is 0.354 e. The van der Waals surface area contributed by atoms with Gasteiger partial charge in [0, 0.05) is 12.6 Å². The zero-order valence-corrected chi connectivity index (χ0v) is 11.9. The highest BCUT2D eigenvalue weighted by Crippen LogP contribution is 2.36. The van der Waals surface area contributed by atoms with Crippen LogP contribution in [0.25, 0.3) is 0 Å². The van der Waals surface area contributed by atoms with Crippen LogP contribution in [0, 0.1) is 10.8 Å². The molecule has 0 aromatic rings. The lowest BCUT2D eigenvalue weighted by molar-refractivity contribution is -0.121. The van der Waals surface area contributed by atoms with Gasteiger partial charge >= 0.3 is 0 Å². The van der Waals surface area contributed by atoms with E-state index in [4.69, 9.17) is 0 Å². The second kappa shape index (κ2) is 5.67. The summed E-state index contributed by atoms with van der Waals surface area (Å²) in [5.41, 5.74) is 0.284. The van der Waals surface area contributed by atoms with E-state index in [1.807, 2.05) is 13.8 Å². The first-order chi connectivity index (χ1) is 7.06. The average molecular weight is 228 g/mol. The second-order valence-electron chi connectivity index (χ2n) is 6.45. The van der Waals surface area contributed by atoms with Crippen molar-refractivity contribution in [1.29, 1.82) is 0 Å². The third-order valence-electron chi connectivity index (χ3n) is 3.43. The molecule has 0 radical (unpaired) electrons. The summed E-state index contributed by atoms with van der Waals surface area (Å²) in [6.45, 7) is 16.2. The highest BCUT2D eigenvalue weighted by atomic mass is 16.1. The first kappa shape index (κ1) is 15.4. The molecule has 3 nitrogen and oxygen atoms in total. The van der Waals surface area contributed by atoms with E-state index in [9.17, 15) is 4.79 Å². The van der Waals surface area contributed by atoms with Crippen molar-refractivity contribution in [3.05, 3.63) is 0 Å². The fourth-order valence-corrected chi connectivity index (χ4v) is 0.944. The van der Waals surface area contributed by atoms with Gasteiger partial charge in [-0.3, -0.25) is 4.79 Å². The third-order valence-corrected chi connectivity index (χ3v) is 3.43. The Kier molecular flexibility index (Phi) is 5.47. The quantitative estimate of drug-likeness (QED) is 0.757. The maximum absolute atomic E-state index is 11.5. The molecule has 0 aliphatic carbocycles. The average Bonchev–Trinajstić information content (AvgIpc) is 2.09. The van der Waals surface area contributed by atoms with Gasteiger partial charge in [0.1, 0.15) is 0 Å². The van der Waals surface area contributed by atoms with Gasteiger partial charge in [-0.05, 0) is 10.8 Å². The van der Waals surface area contributed by atoms with E-state index in [0.717, 1.165) is 6.54 Å². The van der Waals surface area contributed by atoms with E-state index in [2.05, 4.69) is 45.3 Å². The van der Waals surface area contributed by atoms with Crippen LogP contribution in [0.1, 0.15) is 48.5 Å². The van der Waals surface area contributed by atoms with Crippen LogP contribution in [-0.2, 0) is 4.79 Å². The Morgan fingerprint density at radius 2 is 1.62 bits per heavy atom. The Balaban J connectivity index is 4.01. The fraction of sp³-hybridized carbons (Fsp3) is 0.923. The summed E-state index contributed by atoms with van der Waals surface area (Å²) in [6.07, 6.45) is 0. The molecule has 2 N–H and O–H groups in total. The van der Waals surface area contributed by atoms with Gasteiger partial charge in [-0.1, -0.05) is 48.5 Å². The maximum Gasteiger partial charge on any atom is 0.233 e. The number of amides is 1. The standard InChI is InChI=1S/C13H28N2O/c1-10(2)14-8-11(16)15-9-13(6,7)12(3,4)5/h10,14H,8-9H2,1-7H3,(H,15,16). The molecule has 96 valence electrons. The van der Waals surface area contributed by atoms with Crippen LogP contribution in [0.15, 0.2) is 0 Å². The first-order valence-corrected chi connectivity index (χ1v) is 6.06. The van der Waals surface area contributed by atoms with Crippen LogP contribution in [0.2, 0.25) is 0 Å². The minimum Gasteiger partial charge on any atom is -0.354 e. The van der Waals surface area contributed by atoms with Crippen molar-refractivity contribution in [2.45, 2.75) is 54.5 Å². The summed E-state index contributed by atoms with van der Waals surface area (Å²) in [5, 5.41) is 6.09. The predicted molar refractivity (Wildman–Crippen MR) is 69.4 cm³/mol. The monoisotopic (exact) mass is 228 g/mol. The molecule has 0 aromatic carbocycles. The van der Waals surface area contributed by atoms with E-state index in [0.29, 0.717) is 12.6 Å². The minimum atomic E-state index is 0.0750. The highest BCUT2D eigenvalue weighted by molar-refractivity contribution is 5.78. The molecule has 3 heteroatoms. The molecule has 0 unspecified atom stereocenters. The number of carbonyl (C=O) groups is 1. The lowest BCUT2D eigenvalue weighted by atomic mass is 9.69. The van der Waals surface area contributed by atoms with E-state index >= 15 is 0 Å². The molecule has 0 saturated heterocycles. The van der Waals surface area contributed by atoms with Gasteiger partial charge in [0.25, 0.3) is 0 Å². The van der Waals surface area contributed by atoms with Crippen LogP contribution >= 0.6 is 0 Å². The lowest BCUT2D eigenvalue weighted by Crippen LogP contribution is -2.44. The van der Waals surface area contributed by atoms with Gasteiger partial charge < -0.3 is 10.6 Å². The van der Waals surface area contributed by atoms with Crippen LogP contribution in [0.4, 0.5) is 0 Å². The second-order valence-corrected chi connectivity index (χ2v) is 6.45. The normalized spacial score (nSPS) is 13.0. The van der Waals surface area contributed by atoms with E-state index < -0.39 is 0 Å². The number of hydrogen-bond donors (Lipinski definition) is 2. The van der Waals surface area contributed by atoms with Gasteiger partial charge in [0.15, 0.2) is 0 Å². The molecule has 0 aliphatic rings. The Morgan fingerprint density at radius 1 is 1.12 bits per heavy atom. The molecule has 0 spiro atoms. The van der Waals surface area contributed by atoms with Crippen molar-refractivity contribution in [3.8, 4) is 0 Å². The topological polar surface area (TPSA) is 41.1 Å². The Labute approximate surface area is 100 Å². The molecule has 16 heavy (non-hydrogen) atoms. The molecule has 0 atom stereocenters. The molecule has 0 aliphatic heterocycles. The van der Waals surface area contributed by atoms with Crippen molar-refractivity contribution in [3.63, 3.8) is 0 Å².